The van der Waals surface area contributed by atoms with Gasteiger partial charge in [0.1, 0.15) is 0 Å². The van der Waals surface area contributed by atoms with Crippen LogP contribution in [0.4, 0.5) is 5.69 Å². The lowest BCUT2D eigenvalue weighted by molar-refractivity contribution is 0.359. The monoisotopic (exact) mass is 272 g/mol. The van der Waals surface area contributed by atoms with Crippen LogP contribution in [0.1, 0.15) is 45.1 Å². The van der Waals surface area contributed by atoms with E-state index in [1.807, 2.05) is 0 Å². The molecule has 2 aliphatic rings. The Morgan fingerprint density at radius 2 is 2.00 bits per heavy atom. The van der Waals surface area contributed by atoms with Gasteiger partial charge in [-0.15, -0.1) is 0 Å². The fourth-order valence-electron chi connectivity index (χ4n) is 4.12. The van der Waals surface area contributed by atoms with Gasteiger partial charge < -0.3 is 10.2 Å². The van der Waals surface area contributed by atoms with Gasteiger partial charge in [0, 0.05) is 24.3 Å². The Morgan fingerprint density at radius 1 is 1.25 bits per heavy atom. The van der Waals surface area contributed by atoms with Crippen molar-refractivity contribution in [3.63, 3.8) is 0 Å². The predicted molar refractivity (Wildman–Crippen MR) is 86.4 cm³/mol. The van der Waals surface area contributed by atoms with Crippen molar-refractivity contribution in [3.05, 3.63) is 29.8 Å². The lowest BCUT2D eigenvalue weighted by Gasteiger charge is -2.33. The average molecular weight is 272 g/mol. The maximum absolute atomic E-state index is 3.76. The molecule has 1 aromatic rings. The molecule has 20 heavy (non-hydrogen) atoms. The summed E-state index contributed by atoms with van der Waals surface area (Å²) in [5.41, 5.74) is 3.00. The van der Waals surface area contributed by atoms with Gasteiger partial charge in [-0.25, -0.2) is 0 Å². The molecule has 2 atom stereocenters. The zero-order valence-electron chi connectivity index (χ0n) is 12.9. The molecule has 2 unspecified atom stereocenters. The third-order valence-corrected chi connectivity index (χ3v) is 5.18. The highest BCUT2D eigenvalue weighted by atomic mass is 15.2. The average Bonchev–Trinajstić information content (AvgIpc) is 3.07. The molecule has 1 aliphatic carbocycles. The summed E-state index contributed by atoms with van der Waals surface area (Å²) in [6.45, 7) is 6.88. The number of anilines is 1. The minimum absolute atomic E-state index is 0.648. The Kier molecular flexibility index (Phi) is 4.30. The van der Waals surface area contributed by atoms with Crippen LogP contribution in [0.3, 0.4) is 0 Å². The Hall–Kier alpha value is -1.02. The Bertz CT molecular complexity index is 437. The summed E-state index contributed by atoms with van der Waals surface area (Å²) in [7, 11) is 0. The zero-order chi connectivity index (χ0) is 13.9. The number of nitrogens with zero attached hydrogens (tertiary/aromatic N) is 1. The van der Waals surface area contributed by atoms with Crippen molar-refractivity contribution in [2.45, 2.75) is 58.0 Å². The molecule has 2 heteroatoms. The lowest BCUT2D eigenvalue weighted by atomic mass is 9.97. The highest BCUT2D eigenvalue weighted by molar-refractivity contribution is 5.59. The van der Waals surface area contributed by atoms with Gasteiger partial charge in [0.15, 0.2) is 0 Å². The van der Waals surface area contributed by atoms with E-state index in [9.17, 15) is 0 Å². The van der Waals surface area contributed by atoms with Gasteiger partial charge in [-0.1, -0.05) is 38.0 Å². The summed E-state index contributed by atoms with van der Waals surface area (Å²) in [5.74, 6) is 0.884. The van der Waals surface area contributed by atoms with E-state index in [4.69, 9.17) is 0 Å². The summed E-state index contributed by atoms with van der Waals surface area (Å²) < 4.78 is 0. The number of para-hydroxylation sites is 1. The fraction of sp³-hybridized carbons (Fsp3) is 0.667. The molecule has 1 saturated carbocycles. The molecule has 0 saturated heterocycles. The quantitative estimate of drug-likeness (QED) is 0.881. The number of nitrogens with one attached hydrogen (secondary N) is 1. The molecule has 0 aromatic heterocycles. The van der Waals surface area contributed by atoms with Gasteiger partial charge in [0.2, 0.25) is 0 Å². The van der Waals surface area contributed by atoms with Crippen LogP contribution in [-0.2, 0) is 6.42 Å². The topological polar surface area (TPSA) is 15.3 Å². The lowest BCUT2D eigenvalue weighted by Crippen LogP contribution is -2.46. The second-order valence-corrected chi connectivity index (χ2v) is 6.54. The molecule has 0 spiro atoms. The van der Waals surface area contributed by atoms with Gasteiger partial charge in [-0.2, -0.15) is 0 Å². The van der Waals surface area contributed by atoms with Gasteiger partial charge in [0.25, 0.3) is 0 Å². The van der Waals surface area contributed by atoms with Crippen molar-refractivity contribution in [3.8, 4) is 0 Å². The molecular weight excluding hydrogens is 244 g/mol. The minimum Gasteiger partial charge on any atom is -0.367 e. The van der Waals surface area contributed by atoms with Gasteiger partial charge in [-0.05, 0) is 50.3 Å². The third kappa shape index (κ3) is 2.71. The summed E-state index contributed by atoms with van der Waals surface area (Å²) in [6, 6.07) is 10.3. The van der Waals surface area contributed by atoms with E-state index < -0.39 is 0 Å². The molecule has 0 amide bonds. The second kappa shape index (κ2) is 6.17. The van der Waals surface area contributed by atoms with Crippen LogP contribution in [0, 0.1) is 5.92 Å². The van der Waals surface area contributed by atoms with E-state index in [0.717, 1.165) is 12.5 Å². The van der Waals surface area contributed by atoms with E-state index >= 15 is 0 Å². The highest BCUT2D eigenvalue weighted by Crippen LogP contribution is 2.34. The van der Waals surface area contributed by atoms with Gasteiger partial charge in [-0.3, -0.25) is 0 Å². The maximum Gasteiger partial charge on any atom is 0.0402 e. The first-order chi connectivity index (χ1) is 9.79. The van der Waals surface area contributed by atoms with Crippen molar-refractivity contribution in [2.75, 3.05) is 18.0 Å². The molecule has 1 aromatic carbocycles. The summed E-state index contributed by atoms with van der Waals surface area (Å²) in [4.78, 5) is 2.64. The number of likely N-dealkylation sites (N-methyl/N-ethyl adjacent to an activating group) is 1. The Morgan fingerprint density at radius 3 is 2.75 bits per heavy atom. The summed E-state index contributed by atoms with van der Waals surface area (Å²) >= 11 is 0. The largest absolute Gasteiger partial charge is 0.367 e. The first kappa shape index (κ1) is 13.9. The molecular formula is C18H28N2. The zero-order valence-corrected chi connectivity index (χ0v) is 12.9. The number of fused-ring (bicyclic) bond motifs is 1. The van der Waals surface area contributed by atoms with Crippen molar-refractivity contribution >= 4 is 5.69 Å². The van der Waals surface area contributed by atoms with Crippen LogP contribution in [0.5, 0.6) is 0 Å². The molecule has 1 heterocycles. The van der Waals surface area contributed by atoms with E-state index in [1.165, 1.54) is 49.9 Å². The van der Waals surface area contributed by atoms with Crippen LogP contribution in [0.25, 0.3) is 0 Å². The van der Waals surface area contributed by atoms with Gasteiger partial charge >= 0.3 is 0 Å². The van der Waals surface area contributed by atoms with Crippen LogP contribution in [-0.4, -0.2) is 25.2 Å². The standard InChI is InChI=1S/C18H28N2/c1-3-19-17(15-8-4-5-9-15)13-20-14(2)12-16-10-6-7-11-18(16)20/h6-7,10-11,14-15,17,19H,3-5,8-9,12-13H2,1-2H3. The number of hydrogen-bond donors (Lipinski definition) is 1. The first-order valence-corrected chi connectivity index (χ1v) is 8.37. The molecule has 0 bridgehead atoms. The van der Waals surface area contributed by atoms with Crippen molar-refractivity contribution in [1.82, 2.24) is 5.32 Å². The molecule has 110 valence electrons. The van der Waals surface area contributed by atoms with Crippen molar-refractivity contribution in [2.24, 2.45) is 5.92 Å². The Balaban J connectivity index is 1.74. The third-order valence-electron chi connectivity index (χ3n) is 5.18. The SMILES string of the molecule is CCNC(CN1c2ccccc2CC1C)C1CCCC1. The molecule has 2 nitrogen and oxygen atoms in total. The van der Waals surface area contributed by atoms with Crippen LogP contribution in [0.2, 0.25) is 0 Å². The smallest absolute Gasteiger partial charge is 0.0402 e. The molecule has 1 fully saturated rings. The minimum atomic E-state index is 0.648. The summed E-state index contributed by atoms with van der Waals surface area (Å²) in [6.07, 6.45) is 6.90. The van der Waals surface area contributed by atoms with E-state index in [-0.39, 0.29) is 0 Å². The number of rotatable bonds is 5. The molecule has 0 radical (unpaired) electrons. The molecule has 3 rings (SSSR count). The number of benzene rings is 1. The fourth-order valence-corrected chi connectivity index (χ4v) is 4.12. The molecule has 1 aliphatic heterocycles. The number of hydrogen-bond acceptors (Lipinski definition) is 2. The highest BCUT2D eigenvalue weighted by Gasteiger charge is 2.31. The van der Waals surface area contributed by atoms with Gasteiger partial charge in [0.05, 0.1) is 0 Å². The predicted octanol–water partition coefficient (Wildman–Crippen LogP) is 3.61. The van der Waals surface area contributed by atoms with E-state index in [1.54, 1.807) is 0 Å². The maximum atomic E-state index is 3.76. The van der Waals surface area contributed by atoms with E-state index in [2.05, 4.69) is 48.3 Å². The van der Waals surface area contributed by atoms with Crippen molar-refractivity contribution < 1.29 is 0 Å². The van der Waals surface area contributed by atoms with Crippen LogP contribution in [0.15, 0.2) is 24.3 Å². The molecule has 1 N–H and O–H groups in total. The first-order valence-electron chi connectivity index (χ1n) is 8.37. The van der Waals surface area contributed by atoms with Crippen molar-refractivity contribution in [1.29, 1.82) is 0 Å². The van der Waals surface area contributed by atoms with Crippen LogP contribution < -0.4 is 10.2 Å². The van der Waals surface area contributed by atoms with Crippen LogP contribution >= 0.6 is 0 Å². The Labute approximate surface area is 123 Å². The second-order valence-electron chi connectivity index (χ2n) is 6.54. The van der Waals surface area contributed by atoms with E-state index in [0.29, 0.717) is 12.1 Å². The normalized spacial score (nSPS) is 24.1. The summed E-state index contributed by atoms with van der Waals surface area (Å²) in [5, 5.41) is 3.76.